The van der Waals surface area contributed by atoms with Crippen LogP contribution in [0.1, 0.15) is 27.0 Å². The van der Waals surface area contributed by atoms with Crippen molar-refractivity contribution in [2.45, 2.75) is 25.7 Å². The fraction of sp³-hybridized carbons (Fsp3) is 0.235. The Labute approximate surface area is 141 Å². The number of rotatable bonds is 3. The number of aryl methyl sites for hydroxylation is 2. The number of hydrogen-bond donors (Lipinski definition) is 0. The van der Waals surface area contributed by atoms with E-state index < -0.39 is 15.8 Å². The van der Waals surface area contributed by atoms with Crippen LogP contribution < -0.4 is 4.74 Å². The zero-order valence-electron chi connectivity index (χ0n) is 13.3. The second-order valence-corrected chi connectivity index (χ2v) is 7.90. The Morgan fingerprint density at radius 2 is 1.74 bits per heavy atom. The number of benzene rings is 2. The van der Waals surface area contributed by atoms with Crippen LogP contribution in [-0.4, -0.2) is 20.6 Å². The molecule has 0 aliphatic heterocycles. The van der Waals surface area contributed by atoms with Gasteiger partial charge in [-0.3, -0.25) is 0 Å². The van der Waals surface area contributed by atoms with Gasteiger partial charge in [0.25, 0.3) is 0 Å². The van der Waals surface area contributed by atoms with Gasteiger partial charge >= 0.3 is 5.97 Å². The highest BCUT2D eigenvalue weighted by atomic mass is 35.5. The summed E-state index contributed by atoms with van der Waals surface area (Å²) in [6, 6.07) is 7.82. The molecule has 0 N–H and O–H groups in total. The monoisotopic (exact) mass is 352 g/mol. The van der Waals surface area contributed by atoms with E-state index in [2.05, 4.69) is 0 Å². The highest BCUT2D eigenvalue weighted by molar-refractivity contribution is 7.90. The van der Waals surface area contributed by atoms with Gasteiger partial charge in [-0.1, -0.05) is 17.7 Å². The van der Waals surface area contributed by atoms with Crippen LogP contribution in [0.3, 0.4) is 0 Å². The average molecular weight is 353 g/mol. The van der Waals surface area contributed by atoms with E-state index in [1.54, 1.807) is 6.07 Å². The Kier molecular flexibility index (Phi) is 4.82. The van der Waals surface area contributed by atoms with Crippen LogP contribution in [0.25, 0.3) is 0 Å². The molecule has 0 saturated heterocycles. The van der Waals surface area contributed by atoms with Gasteiger partial charge in [-0.2, -0.15) is 0 Å². The summed E-state index contributed by atoms with van der Waals surface area (Å²) in [5, 5.41) is 0.0756. The number of hydrogen-bond acceptors (Lipinski definition) is 4. The summed E-state index contributed by atoms with van der Waals surface area (Å²) in [4.78, 5) is 12.2. The first kappa shape index (κ1) is 17.5. The molecule has 2 aromatic carbocycles. The molecule has 2 aromatic rings. The van der Waals surface area contributed by atoms with Crippen molar-refractivity contribution in [1.82, 2.24) is 0 Å². The average Bonchev–Trinajstić information content (AvgIpc) is 2.43. The molecule has 0 bridgehead atoms. The van der Waals surface area contributed by atoms with Gasteiger partial charge in [0, 0.05) is 6.26 Å². The van der Waals surface area contributed by atoms with E-state index in [1.165, 1.54) is 18.2 Å². The van der Waals surface area contributed by atoms with Gasteiger partial charge in [-0.15, -0.1) is 0 Å². The van der Waals surface area contributed by atoms with Crippen molar-refractivity contribution in [1.29, 1.82) is 0 Å². The lowest BCUT2D eigenvalue weighted by Gasteiger charge is -2.11. The van der Waals surface area contributed by atoms with E-state index in [-0.39, 0.29) is 15.5 Å². The third kappa shape index (κ3) is 3.92. The molecular weight excluding hydrogens is 336 g/mol. The summed E-state index contributed by atoms with van der Waals surface area (Å²) in [5.41, 5.74) is 2.99. The first-order valence-electron chi connectivity index (χ1n) is 6.89. The van der Waals surface area contributed by atoms with Gasteiger partial charge in [-0.25, -0.2) is 13.2 Å². The molecule has 0 aromatic heterocycles. The summed E-state index contributed by atoms with van der Waals surface area (Å²) in [6.07, 6.45) is 1.04. The SMILES string of the molecule is Cc1cc(C)c(C)c(OC(=O)c2ccc(Cl)c(S(C)(=O)=O)c2)c1. The third-order valence-electron chi connectivity index (χ3n) is 3.53. The van der Waals surface area contributed by atoms with Crippen LogP contribution in [-0.2, 0) is 9.84 Å². The lowest BCUT2D eigenvalue weighted by Crippen LogP contribution is -2.11. The fourth-order valence-electron chi connectivity index (χ4n) is 2.18. The molecule has 0 saturated carbocycles. The normalized spacial score (nSPS) is 11.3. The quantitative estimate of drug-likeness (QED) is 0.621. The molecule has 0 atom stereocenters. The Bertz CT molecular complexity index is 886. The molecule has 0 fully saturated rings. The van der Waals surface area contributed by atoms with Gasteiger partial charge in [0.15, 0.2) is 9.84 Å². The van der Waals surface area contributed by atoms with Gasteiger partial charge in [0.2, 0.25) is 0 Å². The molecule has 23 heavy (non-hydrogen) atoms. The van der Waals surface area contributed by atoms with E-state index in [1.807, 2.05) is 26.8 Å². The van der Waals surface area contributed by atoms with E-state index >= 15 is 0 Å². The zero-order valence-corrected chi connectivity index (χ0v) is 14.9. The minimum absolute atomic E-state index is 0.0756. The number of halogens is 1. The van der Waals surface area contributed by atoms with Crippen molar-refractivity contribution in [3.05, 3.63) is 57.6 Å². The van der Waals surface area contributed by atoms with Crippen LogP contribution in [0.4, 0.5) is 0 Å². The maximum Gasteiger partial charge on any atom is 0.343 e. The second kappa shape index (κ2) is 6.34. The molecule has 0 aliphatic rings. The molecule has 0 spiro atoms. The first-order chi connectivity index (χ1) is 10.6. The zero-order chi connectivity index (χ0) is 17.4. The number of esters is 1. The van der Waals surface area contributed by atoms with Crippen molar-refractivity contribution in [3.63, 3.8) is 0 Å². The van der Waals surface area contributed by atoms with E-state index in [0.717, 1.165) is 22.9 Å². The predicted octanol–water partition coefficient (Wildman–Crippen LogP) is 3.89. The maximum atomic E-state index is 12.3. The van der Waals surface area contributed by atoms with E-state index in [4.69, 9.17) is 16.3 Å². The van der Waals surface area contributed by atoms with Crippen LogP contribution in [0.15, 0.2) is 35.2 Å². The van der Waals surface area contributed by atoms with E-state index in [0.29, 0.717) is 5.75 Å². The highest BCUT2D eigenvalue weighted by Gasteiger charge is 2.18. The highest BCUT2D eigenvalue weighted by Crippen LogP contribution is 2.26. The summed E-state index contributed by atoms with van der Waals surface area (Å²) < 4.78 is 28.8. The molecule has 4 nitrogen and oxygen atoms in total. The molecule has 122 valence electrons. The van der Waals surface area contributed by atoms with Crippen molar-refractivity contribution >= 4 is 27.4 Å². The van der Waals surface area contributed by atoms with Crippen molar-refractivity contribution in [3.8, 4) is 5.75 Å². The Morgan fingerprint density at radius 1 is 1.09 bits per heavy atom. The lowest BCUT2D eigenvalue weighted by atomic mass is 10.1. The van der Waals surface area contributed by atoms with Gasteiger partial charge < -0.3 is 4.74 Å². The molecule has 0 amide bonds. The number of carbonyl (C=O) groups is 1. The lowest BCUT2D eigenvalue weighted by molar-refractivity contribution is 0.0733. The molecular formula is C17H17ClO4S. The van der Waals surface area contributed by atoms with E-state index in [9.17, 15) is 13.2 Å². The fourth-order valence-corrected chi connectivity index (χ4v) is 3.48. The second-order valence-electron chi connectivity index (χ2n) is 5.51. The topological polar surface area (TPSA) is 60.4 Å². The van der Waals surface area contributed by atoms with Crippen molar-refractivity contribution in [2.75, 3.05) is 6.26 Å². The van der Waals surface area contributed by atoms with Crippen LogP contribution in [0.2, 0.25) is 5.02 Å². The summed E-state index contributed by atoms with van der Waals surface area (Å²) >= 11 is 5.88. The number of ether oxygens (including phenoxy) is 1. The molecule has 0 aliphatic carbocycles. The van der Waals surface area contributed by atoms with Crippen molar-refractivity contribution in [2.24, 2.45) is 0 Å². The largest absolute Gasteiger partial charge is 0.423 e. The Balaban J connectivity index is 2.40. The summed E-state index contributed by atoms with van der Waals surface area (Å²) in [5.74, 6) is -0.164. The van der Waals surface area contributed by atoms with Gasteiger partial charge in [0.1, 0.15) is 5.75 Å². The molecule has 0 heterocycles. The third-order valence-corrected chi connectivity index (χ3v) is 5.11. The first-order valence-corrected chi connectivity index (χ1v) is 9.16. The number of sulfone groups is 1. The molecule has 6 heteroatoms. The minimum atomic E-state index is -3.52. The molecule has 0 unspecified atom stereocenters. The van der Waals surface area contributed by atoms with Crippen LogP contribution in [0, 0.1) is 20.8 Å². The number of carbonyl (C=O) groups excluding carboxylic acids is 1. The van der Waals surface area contributed by atoms with Gasteiger partial charge in [-0.05, 0) is 61.7 Å². The van der Waals surface area contributed by atoms with Crippen LogP contribution >= 0.6 is 11.6 Å². The summed E-state index contributed by atoms with van der Waals surface area (Å²) in [7, 11) is -3.52. The standard InChI is InChI=1S/C17H17ClO4S/c1-10-7-11(2)12(3)15(8-10)22-17(19)13-5-6-14(18)16(9-13)23(4,20)21/h5-9H,1-4H3. The molecule has 0 radical (unpaired) electrons. The van der Waals surface area contributed by atoms with Gasteiger partial charge in [0.05, 0.1) is 15.5 Å². The Hall–Kier alpha value is -1.85. The smallest absolute Gasteiger partial charge is 0.343 e. The minimum Gasteiger partial charge on any atom is -0.423 e. The molecule has 2 rings (SSSR count). The predicted molar refractivity (Wildman–Crippen MR) is 90.2 cm³/mol. The van der Waals surface area contributed by atoms with Crippen LogP contribution in [0.5, 0.6) is 5.75 Å². The summed E-state index contributed by atoms with van der Waals surface area (Å²) in [6.45, 7) is 5.71. The maximum absolute atomic E-state index is 12.3. The van der Waals surface area contributed by atoms with Crippen molar-refractivity contribution < 1.29 is 17.9 Å². The Morgan fingerprint density at radius 3 is 2.35 bits per heavy atom.